The summed E-state index contributed by atoms with van der Waals surface area (Å²) in [7, 11) is 0. The molecule has 2 nitrogen and oxygen atoms in total. The maximum absolute atomic E-state index is 6.18. The van der Waals surface area contributed by atoms with Crippen LogP contribution in [0.25, 0.3) is 88.3 Å². The molecule has 0 N–H and O–H groups in total. The third-order valence-corrected chi connectivity index (χ3v) is 11.7. The summed E-state index contributed by atoms with van der Waals surface area (Å²) in [6.45, 7) is 0. The van der Waals surface area contributed by atoms with Crippen LogP contribution in [-0.4, -0.2) is 0 Å². The maximum Gasteiger partial charge on any atom is 0.135 e. The van der Waals surface area contributed by atoms with Gasteiger partial charge in [0.1, 0.15) is 11.3 Å². The standard InChI is InChI=1S/C58H39NO/c1-2-11-40(12-3-1)41-25-27-46(28-26-41)55-18-7-8-19-56(55)59(52-35-36-54-48(38-52)30-29-45-13-4-6-17-53(45)54)51-33-31-43(32-34-51)42-21-23-44(24-22-42)47-15-10-16-49(37-47)58-39-50-14-5-9-20-57(50)60-58/h1-39H. The zero-order chi connectivity index (χ0) is 39.8. The Morgan fingerprint density at radius 1 is 0.283 bits per heavy atom. The highest BCUT2D eigenvalue weighted by molar-refractivity contribution is 6.08. The molecule has 0 aliphatic heterocycles. The number of fused-ring (bicyclic) bond motifs is 4. The highest BCUT2D eigenvalue weighted by Crippen LogP contribution is 2.43. The summed E-state index contributed by atoms with van der Waals surface area (Å²) < 4.78 is 6.18. The van der Waals surface area contributed by atoms with E-state index in [1.807, 2.05) is 18.2 Å². The summed E-state index contributed by atoms with van der Waals surface area (Å²) in [5.74, 6) is 0.879. The van der Waals surface area contributed by atoms with Crippen molar-refractivity contribution in [2.75, 3.05) is 4.90 Å². The van der Waals surface area contributed by atoms with Gasteiger partial charge in [-0.25, -0.2) is 0 Å². The largest absolute Gasteiger partial charge is 0.456 e. The summed E-state index contributed by atoms with van der Waals surface area (Å²) in [5, 5.41) is 6.09. The second-order valence-corrected chi connectivity index (χ2v) is 15.3. The fourth-order valence-electron chi connectivity index (χ4n) is 8.59. The minimum absolute atomic E-state index is 0.879. The lowest BCUT2D eigenvalue weighted by atomic mass is 9.97. The zero-order valence-corrected chi connectivity index (χ0v) is 32.9. The van der Waals surface area contributed by atoms with Crippen LogP contribution in [0.15, 0.2) is 241 Å². The first-order valence-electron chi connectivity index (χ1n) is 20.5. The van der Waals surface area contributed by atoms with Crippen molar-refractivity contribution in [1.82, 2.24) is 0 Å². The lowest BCUT2D eigenvalue weighted by Gasteiger charge is -2.28. The molecular formula is C58H39NO. The van der Waals surface area contributed by atoms with Crippen LogP contribution in [0, 0.1) is 0 Å². The van der Waals surface area contributed by atoms with Gasteiger partial charge in [0.25, 0.3) is 0 Å². The van der Waals surface area contributed by atoms with Gasteiger partial charge in [0, 0.05) is 27.9 Å². The predicted molar refractivity (Wildman–Crippen MR) is 253 cm³/mol. The number of furan rings is 1. The van der Waals surface area contributed by atoms with E-state index in [0.29, 0.717) is 0 Å². The monoisotopic (exact) mass is 765 g/mol. The molecule has 0 saturated heterocycles. The van der Waals surface area contributed by atoms with E-state index in [1.54, 1.807) is 0 Å². The van der Waals surface area contributed by atoms with E-state index in [-0.39, 0.29) is 0 Å². The third kappa shape index (κ3) is 6.61. The highest BCUT2D eigenvalue weighted by Gasteiger charge is 2.18. The van der Waals surface area contributed by atoms with Gasteiger partial charge >= 0.3 is 0 Å². The Labute approximate surface area is 349 Å². The van der Waals surface area contributed by atoms with E-state index in [4.69, 9.17) is 4.42 Å². The molecule has 0 unspecified atom stereocenters. The minimum Gasteiger partial charge on any atom is -0.456 e. The average Bonchev–Trinajstić information content (AvgIpc) is 3.77. The molecule has 0 aliphatic carbocycles. The Hall–Kier alpha value is -7.94. The molecule has 282 valence electrons. The van der Waals surface area contributed by atoms with Crippen LogP contribution in [0.4, 0.5) is 17.1 Å². The smallest absolute Gasteiger partial charge is 0.135 e. The normalized spacial score (nSPS) is 11.3. The van der Waals surface area contributed by atoms with E-state index in [2.05, 4.69) is 223 Å². The van der Waals surface area contributed by atoms with Gasteiger partial charge in [0.05, 0.1) is 5.69 Å². The molecule has 11 aromatic rings. The lowest BCUT2D eigenvalue weighted by molar-refractivity contribution is 0.631. The van der Waals surface area contributed by atoms with Crippen LogP contribution in [0.1, 0.15) is 0 Å². The van der Waals surface area contributed by atoms with Gasteiger partial charge in [0.15, 0.2) is 0 Å². The van der Waals surface area contributed by atoms with Gasteiger partial charge in [-0.2, -0.15) is 0 Å². The lowest BCUT2D eigenvalue weighted by Crippen LogP contribution is -2.11. The molecule has 0 bridgehead atoms. The van der Waals surface area contributed by atoms with Crippen molar-refractivity contribution >= 4 is 49.6 Å². The van der Waals surface area contributed by atoms with Crippen molar-refractivity contribution in [3.63, 3.8) is 0 Å². The molecule has 11 rings (SSSR count). The second-order valence-electron chi connectivity index (χ2n) is 15.3. The fraction of sp³-hybridized carbons (Fsp3) is 0. The second kappa shape index (κ2) is 15.1. The zero-order valence-electron chi connectivity index (χ0n) is 32.9. The summed E-state index contributed by atoms with van der Waals surface area (Å²) in [6.07, 6.45) is 0. The van der Waals surface area contributed by atoms with Crippen molar-refractivity contribution in [1.29, 1.82) is 0 Å². The van der Waals surface area contributed by atoms with Crippen molar-refractivity contribution in [3.05, 3.63) is 237 Å². The van der Waals surface area contributed by atoms with Gasteiger partial charge < -0.3 is 9.32 Å². The maximum atomic E-state index is 6.18. The Morgan fingerprint density at radius 2 is 0.817 bits per heavy atom. The number of hydrogen-bond acceptors (Lipinski definition) is 2. The molecule has 0 atom stereocenters. The molecule has 1 heterocycles. The van der Waals surface area contributed by atoms with Crippen LogP contribution < -0.4 is 4.90 Å². The molecule has 1 aromatic heterocycles. The fourth-order valence-corrected chi connectivity index (χ4v) is 8.59. The summed E-state index contributed by atoms with van der Waals surface area (Å²) >= 11 is 0. The first kappa shape index (κ1) is 35.2. The average molecular weight is 766 g/mol. The molecule has 0 aliphatic rings. The van der Waals surface area contributed by atoms with Crippen LogP contribution in [0.2, 0.25) is 0 Å². The Balaban J connectivity index is 0.949. The Bertz CT molecular complexity index is 3260. The molecule has 0 spiro atoms. The Morgan fingerprint density at radius 3 is 1.58 bits per heavy atom. The molecule has 0 radical (unpaired) electrons. The van der Waals surface area contributed by atoms with Crippen LogP contribution in [-0.2, 0) is 0 Å². The van der Waals surface area contributed by atoms with Crippen LogP contribution in [0.3, 0.4) is 0 Å². The number of hydrogen-bond donors (Lipinski definition) is 0. The SMILES string of the molecule is c1ccc(-c2ccc(-c3ccccc3N(c3ccc(-c4ccc(-c5cccc(-c6cc7ccccc7o6)c5)cc4)cc3)c3ccc4c(ccc5ccccc54)c3)cc2)cc1. The highest BCUT2D eigenvalue weighted by atomic mass is 16.3. The molecule has 2 heteroatoms. The number of para-hydroxylation sites is 2. The number of benzene rings is 10. The van der Waals surface area contributed by atoms with Crippen LogP contribution >= 0.6 is 0 Å². The molecular weight excluding hydrogens is 727 g/mol. The number of nitrogens with zero attached hydrogens (tertiary/aromatic N) is 1. The number of anilines is 3. The van der Waals surface area contributed by atoms with Gasteiger partial charge in [-0.05, 0) is 109 Å². The molecule has 60 heavy (non-hydrogen) atoms. The molecule has 0 fully saturated rings. The third-order valence-electron chi connectivity index (χ3n) is 11.7. The molecule has 0 amide bonds. The van der Waals surface area contributed by atoms with E-state index >= 15 is 0 Å². The topological polar surface area (TPSA) is 16.4 Å². The van der Waals surface area contributed by atoms with E-state index in [0.717, 1.165) is 56.0 Å². The van der Waals surface area contributed by atoms with Crippen molar-refractivity contribution < 1.29 is 4.42 Å². The summed E-state index contributed by atoms with van der Waals surface area (Å²) in [5.41, 5.74) is 14.7. The van der Waals surface area contributed by atoms with Crippen LogP contribution in [0.5, 0.6) is 0 Å². The van der Waals surface area contributed by atoms with E-state index < -0.39 is 0 Å². The Kier molecular flexibility index (Phi) is 8.87. The van der Waals surface area contributed by atoms with Crippen molar-refractivity contribution in [2.45, 2.75) is 0 Å². The van der Waals surface area contributed by atoms with Gasteiger partial charge in [0.2, 0.25) is 0 Å². The summed E-state index contributed by atoms with van der Waals surface area (Å²) in [4.78, 5) is 2.40. The first-order chi connectivity index (χ1) is 29.7. The molecule has 10 aromatic carbocycles. The molecule has 0 saturated carbocycles. The van der Waals surface area contributed by atoms with Gasteiger partial charge in [-0.15, -0.1) is 0 Å². The quantitative estimate of drug-likeness (QED) is 0.143. The number of rotatable bonds is 8. The van der Waals surface area contributed by atoms with Gasteiger partial charge in [-0.1, -0.05) is 188 Å². The predicted octanol–water partition coefficient (Wildman–Crippen LogP) is 16.5. The minimum atomic E-state index is 0.879. The van der Waals surface area contributed by atoms with Gasteiger partial charge in [-0.3, -0.25) is 0 Å². The van der Waals surface area contributed by atoms with E-state index in [1.165, 1.54) is 49.4 Å². The first-order valence-corrected chi connectivity index (χ1v) is 20.5. The van der Waals surface area contributed by atoms with E-state index in [9.17, 15) is 0 Å². The van der Waals surface area contributed by atoms with Crippen molar-refractivity contribution in [2.24, 2.45) is 0 Å². The van der Waals surface area contributed by atoms with Crippen molar-refractivity contribution in [3.8, 4) is 55.8 Å². The summed E-state index contributed by atoms with van der Waals surface area (Å²) in [6, 6.07) is 84.9.